The second-order valence-corrected chi connectivity index (χ2v) is 8.20. The topological polar surface area (TPSA) is 86.1 Å². The average Bonchev–Trinajstić information content (AvgIpc) is 2.67. The first-order valence-corrected chi connectivity index (χ1v) is 10.4. The van der Waals surface area contributed by atoms with Gasteiger partial charge in [-0.15, -0.1) is 0 Å². The summed E-state index contributed by atoms with van der Waals surface area (Å²) in [6.45, 7) is 5.48. The van der Waals surface area contributed by atoms with Gasteiger partial charge in [0.15, 0.2) is 0 Å². The molecule has 0 unspecified atom stereocenters. The van der Waals surface area contributed by atoms with Gasteiger partial charge in [0.25, 0.3) is 0 Å². The van der Waals surface area contributed by atoms with Crippen LogP contribution in [0.2, 0.25) is 10.0 Å². The van der Waals surface area contributed by atoms with Crippen LogP contribution in [0.3, 0.4) is 0 Å². The zero-order chi connectivity index (χ0) is 21.7. The minimum absolute atomic E-state index is 0.0558. The number of aryl methyl sites for hydroxylation is 1. The predicted octanol–water partition coefficient (Wildman–Crippen LogP) is 4.37. The zero-order valence-corrected chi connectivity index (χ0v) is 18.8. The van der Waals surface area contributed by atoms with E-state index >= 15 is 0 Å². The van der Waals surface area contributed by atoms with E-state index in [1.165, 1.54) is 23.7 Å². The third-order valence-corrected chi connectivity index (χ3v) is 6.03. The van der Waals surface area contributed by atoms with Crippen LogP contribution >= 0.6 is 35.0 Å². The highest BCUT2D eigenvalue weighted by Gasteiger charge is 2.18. The molecule has 2 aromatic rings. The van der Waals surface area contributed by atoms with Crippen LogP contribution in [0.1, 0.15) is 22.4 Å². The number of pyridine rings is 1. The molecule has 0 saturated heterocycles. The van der Waals surface area contributed by atoms with Crippen molar-refractivity contribution in [3.8, 4) is 6.07 Å². The number of nitriles is 1. The largest absolute Gasteiger partial charge is 0.336 e. The number of hydrogen-bond donors (Lipinski definition) is 1. The van der Waals surface area contributed by atoms with Gasteiger partial charge >= 0.3 is 0 Å². The second kappa shape index (κ2) is 9.97. The number of amides is 2. The third-order valence-electron chi connectivity index (χ3n) is 4.44. The lowest BCUT2D eigenvalue weighted by molar-refractivity contribution is -0.131. The Kier molecular flexibility index (Phi) is 7.91. The van der Waals surface area contributed by atoms with E-state index in [0.717, 1.165) is 16.8 Å². The van der Waals surface area contributed by atoms with Gasteiger partial charge in [-0.05, 0) is 44.0 Å². The van der Waals surface area contributed by atoms with Crippen LogP contribution in [0.25, 0.3) is 0 Å². The maximum Gasteiger partial charge on any atom is 0.244 e. The molecule has 9 heteroatoms. The standard InChI is InChI=1S/C20H20Cl2N4O2S/c1-11-12(2)14(8-23)20(24-13(11)3)29-10-18(28)26(4)9-17(27)25-19-15(21)6-5-7-16(19)22/h5-7H,9-10H2,1-4H3,(H,25,27). The zero-order valence-electron chi connectivity index (χ0n) is 16.5. The molecule has 0 aliphatic heterocycles. The summed E-state index contributed by atoms with van der Waals surface area (Å²) in [6, 6.07) is 7.05. The minimum atomic E-state index is -0.418. The number of para-hydroxylation sites is 1. The lowest BCUT2D eigenvalue weighted by atomic mass is 10.1. The van der Waals surface area contributed by atoms with E-state index in [1.807, 2.05) is 20.8 Å². The van der Waals surface area contributed by atoms with Crippen LogP contribution in [0, 0.1) is 32.1 Å². The van der Waals surface area contributed by atoms with E-state index in [4.69, 9.17) is 23.2 Å². The Balaban J connectivity index is 2.00. The van der Waals surface area contributed by atoms with Gasteiger partial charge < -0.3 is 10.2 Å². The van der Waals surface area contributed by atoms with Crippen molar-refractivity contribution in [2.45, 2.75) is 25.8 Å². The fourth-order valence-corrected chi connectivity index (χ4v) is 4.00. The molecule has 1 heterocycles. The molecule has 0 fully saturated rings. The molecule has 29 heavy (non-hydrogen) atoms. The number of nitrogens with zero attached hydrogens (tertiary/aromatic N) is 3. The smallest absolute Gasteiger partial charge is 0.244 e. The van der Waals surface area contributed by atoms with E-state index in [9.17, 15) is 14.9 Å². The monoisotopic (exact) mass is 450 g/mol. The summed E-state index contributed by atoms with van der Waals surface area (Å²) < 4.78 is 0. The predicted molar refractivity (Wildman–Crippen MR) is 117 cm³/mol. The number of aromatic nitrogens is 1. The molecular weight excluding hydrogens is 431 g/mol. The van der Waals surface area contributed by atoms with Gasteiger partial charge in [0.2, 0.25) is 11.8 Å². The van der Waals surface area contributed by atoms with Crippen LogP contribution in [-0.4, -0.2) is 41.0 Å². The van der Waals surface area contributed by atoms with E-state index < -0.39 is 5.91 Å². The Hall–Kier alpha value is -2.27. The summed E-state index contributed by atoms with van der Waals surface area (Å²) in [6.07, 6.45) is 0. The van der Waals surface area contributed by atoms with E-state index in [0.29, 0.717) is 26.3 Å². The van der Waals surface area contributed by atoms with Gasteiger partial charge in [-0.3, -0.25) is 9.59 Å². The minimum Gasteiger partial charge on any atom is -0.336 e. The molecule has 0 aliphatic rings. The molecule has 2 amide bonds. The number of carbonyl (C=O) groups is 2. The second-order valence-electron chi connectivity index (χ2n) is 6.42. The summed E-state index contributed by atoms with van der Waals surface area (Å²) in [4.78, 5) is 30.4. The van der Waals surface area contributed by atoms with Crippen molar-refractivity contribution in [1.82, 2.24) is 9.88 Å². The van der Waals surface area contributed by atoms with Crippen molar-refractivity contribution >= 4 is 52.5 Å². The lowest BCUT2D eigenvalue weighted by Crippen LogP contribution is -2.36. The molecular formula is C20H20Cl2N4O2S. The molecule has 0 atom stereocenters. The fraction of sp³-hybridized carbons (Fsp3) is 0.300. The number of rotatable bonds is 6. The highest BCUT2D eigenvalue weighted by molar-refractivity contribution is 8.00. The van der Waals surface area contributed by atoms with Crippen LogP contribution in [-0.2, 0) is 9.59 Å². The van der Waals surface area contributed by atoms with Crippen molar-refractivity contribution in [3.05, 3.63) is 50.6 Å². The van der Waals surface area contributed by atoms with Crippen molar-refractivity contribution in [3.63, 3.8) is 0 Å². The number of hydrogen-bond acceptors (Lipinski definition) is 5. The molecule has 1 N–H and O–H groups in total. The first-order valence-electron chi connectivity index (χ1n) is 8.64. The average molecular weight is 451 g/mol. The van der Waals surface area contributed by atoms with Crippen molar-refractivity contribution < 1.29 is 9.59 Å². The number of benzene rings is 1. The lowest BCUT2D eigenvalue weighted by Gasteiger charge is -2.18. The van der Waals surface area contributed by atoms with E-state index in [2.05, 4.69) is 16.4 Å². The van der Waals surface area contributed by atoms with Gasteiger partial charge in [0.1, 0.15) is 11.1 Å². The van der Waals surface area contributed by atoms with Gasteiger partial charge in [0.05, 0.1) is 33.6 Å². The van der Waals surface area contributed by atoms with Gasteiger partial charge in [-0.25, -0.2) is 4.98 Å². The summed E-state index contributed by atoms with van der Waals surface area (Å²) >= 11 is 13.3. The number of likely N-dealkylation sites (N-methyl/N-ethyl adjacent to an activating group) is 1. The molecule has 2 rings (SSSR count). The molecule has 1 aromatic heterocycles. The van der Waals surface area contributed by atoms with Crippen molar-refractivity contribution in [1.29, 1.82) is 5.26 Å². The van der Waals surface area contributed by atoms with E-state index in [-0.39, 0.29) is 18.2 Å². The van der Waals surface area contributed by atoms with Crippen LogP contribution in [0.5, 0.6) is 0 Å². The first-order chi connectivity index (χ1) is 13.6. The highest BCUT2D eigenvalue weighted by Crippen LogP contribution is 2.30. The molecule has 0 radical (unpaired) electrons. The summed E-state index contributed by atoms with van der Waals surface area (Å²) in [7, 11) is 1.53. The SMILES string of the molecule is Cc1nc(SCC(=O)N(C)CC(=O)Nc2c(Cl)cccc2Cl)c(C#N)c(C)c1C. The Morgan fingerprint density at radius 3 is 2.41 bits per heavy atom. The highest BCUT2D eigenvalue weighted by atomic mass is 35.5. The molecule has 0 spiro atoms. The molecule has 152 valence electrons. The maximum atomic E-state index is 12.4. The maximum absolute atomic E-state index is 12.4. The Morgan fingerprint density at radius 2 is 1.83 bits per heavy atom. The Labute approximate surface area is 184 Å². The molecule has 6 nitrogen and oxygen atoms in total. The van der Waals surface area contributed by atoms with Crippen LogP contribution in [0.4, 0.5) is 5.69 Å². The van der Waals surface area contributed by atoms with E-state index in [1.54, 1.807) is 18.2 Å². The van der Waals surface area contributed by atoms with Gasteiger partial charge in [-0.2, -0.15) is 5.26 Å². The molecule has 0 saturated carbocycles. The summed E-state index contributed by atoms with van der Waals surface area (Å²) in [5.41, 5.74) is 3.42. The third kappa shape index (κ3) is 5.63. The summed E-state index contributed by atoms with van der Waals surface area (Å²) in [5, 5.41) is 13.2. The summed E-state index contributed by atoms with van der Waals surface area (Å²) in [5.74, 6) is -0.629. The number of carbonyl (C=O) groups excluding carboxylic acids is 2. The first kappa shape index (κ1) is 23.0. The van der Waals surface area contributed by atoms with Crippen LogP contribution in [0.15, 0.2) is 23.2 Å². The fourth-order valence-electron chi connectivity index (χ4n) is 2.49. The molecule has 0 aliphatic carbocycles. The van der Waals surface area contributed by atoms with Crippen LogP contribution < -0.4 is 5.32 Å². The Bertz CT molecular complexity index is 985. The Morgan fingerprint density at radius 1 is 1.21 bits per heavy atom. The number of nitrogens with one attached hydrogen (secondary N) is 1. The quantitative estimate of drug-likeness (QED) is 0.659. The number of halogens is 2. The van der Waals surface area contributed by atoms with Gasteiger partial charge in [0, 0.05) is 12.7 Å². The van der Waals surface area contributed by atoms with Crippen molar-refractivity contribution in [2.75, 3.05) is 24.7 Å². The molecule has 1 aromatic carbocycles. The number of anilines is 1. The van der Waals surface area contributed by atoms with Gasteiger partial charge in [-0.1, -0.05) is 41.0 Å². The van der Waals surface area contributed by atoms with Crippen molar-refractivity contribution in [2.24, 2.45) is 0 Å². The molecule has 0 bridgehead atoms. The normalized spacial score (nSPS) is 10.4. The number of thioether (sulfide) groups is 1.